The quantitative estimate of drug-likeness (QED) is 0.609. The topological polar surface area (TPSA) is 60.8 Å². The summed E-state index contributed by atoms with van der Waals surface area (Å²) in [5, 5.41) is 18.9. The third kappa shape index (κ3) is 5.54. The van der Waals surface area contributed by atoms with Crippen molar-refractivity contribution in [2.45, 2.75) is 38.9 Å². The monoisotopic (exact) mass is 215 g/mol. The van der Waals surface area contributed by atoms with Gasteiger partial charge >= 0.3 is 0 Å². The lowest BCUT2D eigenvalue weighted by Gasteiger charge is -2.25. The van der Waals surface area contributed by atoms with Crippen molar-refractivity contribution in [2.24, 2.45) is 0 Å². The van der Waals surface area contributed by atoms with Crippen molar-refractivity contribution < 1.29 is 15.0 Å². The summed E-state index contributed by atoms with van der Waals surface area (Å²) in [6.45, 7) is 7.58. The second-order valence-corrected chi connectivity index (χ2v) is 3.57. The molecule has 0 fully saturated rings. The Morgan fingerprint density at radius 2 is 1.67 bits per heavy atom. The summed E-state index contributed by atoms with van der Waals surface area (Å²) in [6.07, 6.45) is 1.28. The minimum Gasteiger partial charge on any atom is -0.391 e. The van der Waals surface area contributed by atoms with Crippen LogP contribution in [-0.2, 0) is 4.79 Å². The van der Waals surface area contributed by atoms with E-state index in [-0.39, 0.29) is 19.0 Å². The number of aliphatic hydroxyl groups excluding tert-OH is 2. The molecule has 0 aromatic carbocycles. The Hall–Kier alpha value is -0.870. The number of carbonyl (C=O) groups excluding carboxylic acids is 1. The van der Waals surface area contributed by atoms with Gasteiger partial charge in [0.25, 0.3) is 0 Å². The summed E-state index contributed by atoms with van der Waals surface area (Å²) in [5.74, 6) is -0.255. The van der Waals surface area contributed by atoms with Crippen molar-refractivity contribution in [3.63, 3.8) is 0 Å². The Morgan fingerprint density at radius 1 is 1.27 bits per heavy atom. The highest BCUT2D eigenvalue weighted by molar-refractivity contribution is 5.87. The first kappa shape index (κ1) is 14.1. The standard InChI is InChI=1S/C11H21NO3/c1-4-9(13)7-12(11(15)6-3)8-10(14)5-2/h6,9-10,13-14H,3-5,7-8H2,1-2H3. The zero-order valence-corrected chi connectivity index (χ0v) is 9.52. The number of hydrogen-bond donors (Lipinski definition) is 2. The maximum absolute atomic E-state index is 11.4. The van der Waals surface area contributed by atoms with Gasteiger partial charge in [-0.1, -0.05) is 20.4 Å². The van der Waals surface area contributed by atoms with Crippen LogP contribution < -0.4 is 0 Å². The second kappa shape index (κ2) is 7.43. The van der Waals surface area contributed by atoms with Crippen LogP contribution in [-0.4, -0.2) is 46.3 Å². The van der Waals surface area contributed by atoms with Crippen LogP contribution in [0.1, 0.15) is 26.7 Å². The molecule has 0 rings (SSSR count). The molecule has 15 heavy (non-hydrogen) atoms. The van der Waals surface area contributed by atoms with Gasteiger partial charge in [0.15, 0.2) is 0 Å². The van der Waals surface area contributed by atoms with Gasteiger partial charge in [-0.3, -0.25) is 4.79 Å². The molecular formula is C11H21NO3. The summed E-state index contributed by atoms with van der Waals surface area (Å²) in [6, 6.07) is 0. The van der Waals surface area contributed by atoms with Crippen LogP contribution in [0, 0.1) is 0 Å². The molecule has 0 aliphatic heterocycles. The summed E-state index contributed by atoms with van der Waals surface area (Å²) < 4.78 is 0. The van der Waals surface area contributed by atoms with Crippen LogP contribution in [0.25, 0.3) is 0 Å². The van der Waals surface area contributed by atoms with Crippen molar-refractivity contribution in [1.82, 2.24) is 4.90 Å². The highest BCUT2D eigenvalue weighted by atomic mass is 16.3. The van der Waals surface area contributed by atoms with Crippen molar-refractivity contribution in [3.05, 3.63) is 12.7 Å². The fraction of sp³-hybridized carbons (Fsp3) is 0.727. The lowest BCUT2D eigenvalue weighted by Crippen LogP contribution is -2.41. The highest BCUT2D eigenvalue weighted by Gasteiger charge is 2.16. The third-order valence-corrected chi connectivity index (χ3v) is 2.29. The number of rotatable bonds is 7. The lowest BCUT2D eigenvalue weighted by molar-refractivity contribution is -0.129. The molecule has 4 heteroatoms. The predicted molar refractivity (Wildman–Crippen MR) is 59.4 cm³/mol. The van der Waals surface area contributed by atoms with Crippen LogP contribution in [0.15, 0.2) is 12.7 Å². The fourth-order valence-corrected chi connectivity index (χ4v) is 1.15. The first-order valence-electron chi connectivity index (χ1n) is 5.32. The smallest absolute Gasteiger partial charge is 0.246 e. The predicted octanol–water partition coefficient (Wildman–Crippen LogP) is 0.543. The number of aliphatic hydroxyl groups is 2. The zero-order valence-electron chi connectivity index (χ0n) is 9.52. The van der Waals surface area contributed by atoms with Gasteiger partial charge in [0.05, 0.1) is 12.2 Å². The molecule has 0 radical (unpaired) electrons. The molecule has 1 amide bonds. The highest BCUT2D eigenvalue weighted by Crippen LogP contribution is 2.02. The van der Waals surface area contributed by atoms with E-state index < -0.39 is 12.2 Å². The molecule has 0 saturated carbocycles. The van der Waals surface area contributed by atoms with Crippen molar-refractivity contribution in [2.75, 3.05) is 13.1 Å². The molecule has 0 aliphatic carbocycles. The summed E-state index contributed by atoms with van der Waals surface area (Å²) in [4.78, 5) is 12.8. The molecule has 0 aliphatic rings. The number of amides is 1. The van der Waals surface area contributed by atoms with Crippen molar-refractivity contribution in [1.29, 1.82) is 0 Å². The van der Waals surface area contributed by atoms with Crippen molar-refractivity contribution >= 4 is 5.91 Å². The maximum Gasteiger partial charge on any atom is 0.246 e. The molecular weight excluding hydrogens is 194 g/mol. The first-order chi connectivity index (χ1) is 7.04. The molecule has 0 saturated heterocycles. The number of carbonyl (C=O) groups is 1. The zero-order chi connectivity index (χ0) is 11.8. The Bertz CT molecular complexity index is 194. The van der Waals surface area contributed by atoms with Crippen LogP contribution in [0.4, 0.5) is 0 Å². The molecule has 0 spiro atoms. The van der Waals surface area contributed by atoms with Gasteiger partial charge < -0.3 is 15.1 Å². The van der Waals surface area contributed by atoms with Crippen LogP contribution in [0.5, 0.6) is 0 Å². The van der Waals surface area contributed by atoms with E-state index in [1.54, 1.807) is 0 Å². The number of hydrogen-bond acceptors (Lipinski definition) is 3. The van der Waals surface area contributed by atoms with Gasteiger partial charge in [-0.05, 0) is 18.9 Å². The van der Waals surface area contributed by atoms with E-state index in [2.05, 4.69) is 6.58 Å². The minimum atomic E-state index is -0.544. The molecule has 2 atom stereocenters. The molecule has 0 bridgehead atoms. The Kier molecular flexibility index (Phi) is 6.99. The van der Waals surface area contributed by atoms with Gasteiger partial charge in [-0.25, -0.2) is 0 Å². The SMILES string of the molecule is C=CC(=O)N(CC(O)CC)CC(O)CC. The average molecular weight is 215 g/mol. The fourth-order valence-electron chi connectivity index (χ4n) is 1.15. The summed E-state index contributed by atoms with van der Waals surface area (Å²) >= 11 is 0. The second-order valence-electron chi connectivity index (χ2n) is 3.57. The van der Waals surface area contributed by atoms with Gasteiger partial charge in [0.2, 0.25) is 5.91 Å². The third-order valence-electron chi connectivity index (χ3n) is 2.29. The first-order valence-corrected chi connectivity index (χ1v) is 5.32. The van der Waals surface area contributed by atoms with E-state index in [0.29, 0.717) is 12.8 Å². The van der Waals surface area contributed by atoms with E-state index >= 15 is 0 Å². The Balaban J connectivity index is 4.30. The number of nitrogens with zero attached hydrogens (tertiary/aromatic N) is 1. The average Bonchev–Trinajstić information content (AvgIpc) is 2.26. The molecule has 4 nitrogen and oxygen atoms in total. The Labute approximate surface area is 91.2 Å². The molecule has 88 valence electrons. The lowest BCUT2D eigenvalue weighted by atomic mass is 10.2. The molecule has 0 aromatic rings. The van der Waals surface area contributed by atoms with Gasteiger partial charge in [-0.2, -0.15) is 0 Å². The molecule has 0 aromatic heterocycles. The van der Waals surface area contributed by atoms with E-state index in [1.807, 2.05) is 13.8 Å². The van der Waals surface area contributed by atoms with Crippen LogP contribution in [0.2, 0.25) is 0 Å². The van der Waals surface area contributed by atoms with Crippen molar-refractivity contribution in [3.8, 4) is 0 Å². The van der Waals surface area contributed by atoms with Gasteiger partial charge in [-0.15, -0.1) is 0 Å². The van der Waals surface area contributed by atoms with E-state index in [1.165, 1.54) is 11.0 Å². The van der Waals surface area contributed by atoms with Gasteiger partial charge in [0.1, 0.15) is 0 Å². The maximum atomic E-state index is 11.4. The molecule has 2 N–H and O–H groups in total. The minimum absolute atomic E-state index is 0.248. The summed E-state index contributed by atoms with van der Waals surface area (Å²) in [5.41, 5.74) is 0. The summed E-state index contributed by atoms with van der Waals surface area (Å²) in [7, 11) is 0. The van der Waals surface area contributed by atoms with Gasteiger partial charge in [0, 0.05) is 13.1 Å². The Morgan fingerprint density at radius 3 is 1.93 bits per heavy atom. The van der Waals surface area contributed by atoms with E-state index in [0.717, 1.165) is 0 Å². The van der Waals surface area contributed by atoms with Crippen LogP contribution in [0.3, 0.4) is 0 Å². The normalized spacial score (nSPS) is 14.4. The largest absolute Gasteiger partial charge is 0.391 e. The van der Waals surface area contributed by atoms with Crippen LogP contribution >= 0.6 is 0 Å². The molecule has 0 heterocycles. The van der Waals surface area contributed by atoms with E-state index in [4.69, 9.17) is 0 Å². The van der Waals surface area contributed by atoms with E-state index in [9.17, 15) is 15.0 Å². The molecule has 2 unspecified atom stereocenters.